The van der Waals surface area contributed by atoms with E-state index in [4.69, 9.17) is 9.47 Å². The van der Waals surface area contributed by atoms with Crippen LogP contribution < -0.4 is 0 Å². The maximum atomic E-state index is 12.9. The van der Waals surface area contributed by atoms with E-state index in [1.54, 1.807) is 4.90 Å². The predicted molar refractivity (Wildman–Crippen MR) is 136 cm³/mol. The summed E-state index contributed by atoms with van der Waals surface area (Å²) in [5.74, 6) is 0. The normalized spacial score (nSPS) is 31.4. The molecule has 2 bridgehead atoms. The molecule has 1 aromatic carbocycles. The van der Waals surface area contributed by atoms with Gasteiger partial charge in [0.25, 0.3) is 0 Å². The number of likely N-dealkylation sites (tertiary alicyclic amines) is 1. The number of nitrogens with zero attached hydrogens (tertiary/aromatic N) is 4. The van der Waals surface area contributed by atoms with E-state index in [0.29, 0.717) is 37.9 Å². The highest BCUT2D eigenvalue weighted by molar-refractivity contribution is 5.74. The van der Waals surface area contributed by atoms with Gasteiger partial charge in [-0.25, -0.2) is 9.59 Å². The number of carbonyl (C=O) groups is 2. The Hall–Kier alpha value is -2.32. The number of rotatable bonds is 2. The largest absolute Gasteiger partial charge is 0.444 e. The van der Waals surface area contributed by atoms with Crippen LogP contribution in [-0.2, 0) is 21.4 Å². The number of fused-ring (bicyclic) bond motifs is 4. The second-order valence-electron chi connectivity index (χ2n) is 11.8. The highest BCUT2D eigenvalue weighted by Crippen LogP contribution is 2.44. The number of hydrogen-bond acceptors (Lipinski definition) is 5. The Bertz CT molecular complexity index is 972. The zero-order valence-electron chi connectivity index (χ0n) is 21.7. The Morgan fingerprint density at radius 1 is 1.03 bits per heavy atom. The molecule has 5 aliphatic heterocycles. The molecule has 36 heavy (non-hydrogen) atoms. The second-order valence-corrected chi connectivity index (χ2v) is 11.8. The maximum absolute atomic E-state index is 12.9. The summed E-state index contributed by atoms with van der Waals surface area (Å²) in [6, 6.07) is 9.96. The third-order valence-corrected chi connectivity index (χ3v) is 9.44. The van der Waals surface area contributed by atoms with Crippen LogP contribution in [0.15, 0.2) is 24.3 Å². The lowest BCUT2D eigenvalue weighted by Crippen LogP contribution is -2.58. The van der Waals surface area contributed by atoms with Gasteiger partial charge in [-0.2, -0.15) is 0 Å². The molecule has 5 aliphatic rings. The molecule has 4 saturated heterocycles. The van der Waals surface area contributed by atoms with E-state index >= 15 is 0 Å². The lowest BCUT2D eigenvalue weighted by Gasteiger charge is -2.51. The molecule has 0 N–H and O–H groups in total. The van der Waals surface area contributed by atoms with Crippen LogP contribution in [0.5, 0.6) is 0 Å². The first-order valence-corrected chi connectivity index (χ1v) is 13.8. The average Bonchev–Trinajstić information content (AvgIpc) is 3.49. The van der Waals surface area contributed by atoms with E-state index in [1.807, 2.05) is 19.0 Å². The lowest BCUT2D eigenvalue weighted by atomic mass is 9.68. The fourth-order valence-electron chi connectivity index (χ4n) is 7.60. The molecule has 8 heteroatoms. The van der Waals surface area contributed by atoms with Crippen molar-refractivity contribution in [2.45, 2.75) is 81.1 Å². The fourth-order valence-corrected chi connectivity index (χ4v) is 7.60. The van der Waals surface area contributed by atoms with Crippen molar-refractivity contribution in [2.75, 3.05) is 46.9 Å². The molecule has 0 saturated carbocycles. The number of piperidine rings is 2. The molecule has 8 nitrogen and oxygen atoms in total. The van der Waals surface area contributed by atoms with E-state index < -0.39 is 0 Å². The molecule has 3 amide bonds. The number of amides is 3. The van der Waals surface area contributed by atoms with Crippen LogP contribution in [0.4, 0.5) is 9.59 Å². The van der Waals surface area contributed by atoms with Crippen LogP contribution in [0.1, 0.15) is 56.1 Å². The molecule has 3 atom stereocenters. The molecule has 5 heterocycles. The Morgan fingerprint density at radius 2 is 1.75 bits per heavy atom. The summed E-state index contributed by atoms with van der Waals surface area (Å²) in [7, 11) is 3.69. The SMILES string of the molecule is CN(C)C(=O)N1Cc2ccccc2C2(CCN(C3CC4CCC(C3)N4C(=O)O[C@@H]3CCOC3)CC2)C1. The fraction of sp³-hybridized carbons (Fsp3) is 0.714. The van der Waals surface area contributed by atoms with Gasteiger partial charge in [0.1, 0.15) is 6.10 Å². The molecule has 2 unspecified atom stereocenters. The smallest absolute Gasteiger partial charge is 0.410 e. The number of ether oxygens (including phenoxy) is 2. The summed E-state index contributed by atoms with van der Waals surface area (Å²) in [6.45, 7) is 4.82. The van der Waals surface area contributed by atoms with Crippen LogP contribution in [0, 0.1) is 0 Å². The van der Waals surface area contributed by atoms with Crippen molar-refractivity contribution in [2.24, 2.45) is 0 Å². The Morgan fingerprint density at radius 3 is 2.42 bits per heavy atom. The van der Waals surface area contributed by atoms with Gasteiger partial charge >= 0.3 is 12.1 Å². The summed E-state index contributed by atoms with van der Waals surface area (Å²) in [4.78, 5) is 34.3. The zero-order chi connectivity index (χ0) is 24.9. The van der Waals surface area contributed by atoms with Crippen LogP contribution in [0.3, 0.4) is 0 Å². The number of hydrogen-bond donors (Lipinski definition) is 0. The first-order valence-electron chi connectivity index (χ1n) is 13.8. The van der Waals surface area contributed by atoms with Gasteiger partial charge < -0.3 is 29.1 Å². The van der Waals surface area contributed by atoms with Crippen molar-refractivity contribution >= 4 is 12.1 Å². The van der Waals surface area contributed by atoms with E-state index in [9.17, 15) is 9.59 Å². The third-order valence-electron chi connectivity index (χ3n) is 9.44. The molecule has 0 aliphatic carbocycles. The van der Waals surface area contributed by atoms with E-state index in [-0.39, 0.29) is 23.6 Å². The van der Waals surface area contributed by atoms with Gasteiger partial charge in [-0.3, -0.25) is 0 Å². The molecular weight excluding hydrogens is 456 g/mol. The molecular formula is C28H40N4O4. The molecule has 1 aromatic rings. The van der Waals surface area contributed by atoms with Crippen LogP contribution in [0.2, 0.25) is 0 Å². The minimum absolute atomic E-state index is 0.0316. The minimum Gasteiger partial charge on any atom is -0.444 e. The van der Waals surface area contributed by atoms with Crippen LogP contribution >= 0.6 is 0 Å². The van der Waals surface area contributed by atoms with Crippen molar-refractivity contribution < 1.29 is 19.1 Å². The van der Waals surface area contributed by atoms with E-state index in [0.717, 1.165) is 64.6 Å². The first-order chi connectivity index (χ1) is 17.4. The standard InChI is InChI=1S/C28H40N4O4/c1-29(2)26(33)31-17-20-5-3-4-6-25(20)28(19-31)10-12-30(13-11-28)23-15-21-7-8-22(16-23)32(21)27(34)36-24-9-14-35-18-24/h3-6,21-24H,7-19H2,1-2H3/t21?,22?,23?,24-/m1/s1. The number of benzene rings is 1. The molecule has 0 radical (unpaired) electrons. The van der Waals surface area contributed by atoms with Crippen LogP contribution in [0.25, 0.3) is 0 Å². The van der Waals surface area contributed by atoms with Gasteiger partial charge in [0.05, 0.1) is 13.2 Å². The van der Waals surface area contributed by atoms with Gasteiger partial charge in [0.2, 0.25) is 0 Å². The highest BCUT2D eigenvalue weighted by Gasteiger charge is 2.49. The Kier molecular flexibility index (Phi) is 6.36. The van der Waals surface area contributed by atoms with Crippen molar-refractivity contribution in [3.63, 3.8) is 0 Å². The molecule has 1 spiro atoms. The van der Waals surface area contributed by atoms with E-state index in [2.05, 4.69) is 34.1 Å². The summed E-state index contributed by atoms with van der Waals surface area (Å²) in [5.41, 5.74) is 2.77. The molecule has 4 fully saturated rings. The quantitative estimate of drug-likeness (QED) is 0.628. The minimum atomic E-state index is -0.126. The molecule has 6 rings (SSSR count). The summed E-state index contributed by atoms with van der Waals surface area (Å²) < 4.78 is 11.2. The van der Waals surface area contributed by atoms with Gasteiger partial charge in [-0.05, 0) is 62.7 Å². The summed E-state index contributed by atoms with van der Waals surface area (Å²) in [5, 5.41) is 0. The third kappa shape index (κ3) is 4.26. The van der Waals surface area contributed by atoms with Crippen molar-refractivity contribution in [3.05, 3.63) is 35.4 Å². The number of carbonyl (C=O) groups excluding carboxylic acids is 2. The van der Waals surface area contributed by atoms with E-state index in [1.165, 1.54) is 11.1 Å². The predicted octanol–water partition coefficient (Wildman–Crippen LogP) is 3.44. The zero-order valence-corrected chi connectivity index (χ0v) is 21.7. The topological polar surface area (TPSA) is 65.6 Å². The monoisotopic (exact) mass is 496 g/mol. The van der Waals surface area contributed by atoms with Gasteiger partial charge in [-0.1, -0.05) is 24.3 Å². The van der Waals surface area contributed by atoms with Crippen molar-refractivity contribution in [1.29, 1.82) is 0 Å². The van der Waals surface area contributed by atoms with Crippen LogP contribution in [-0.4, -0.2) is 103 Å². The van der Waals surface area contributed by atoms with Crippen molar-refractivity contribution in [3.8, 4) is 0 Å². The molecule has 0 aromatic heterocycles. The second kappa shape index (κ2) is 9.53. The average molecular weight is 497 g/mol. The highest BCUT2D eigenvalue weighted by atomic mass is 16.6. The Labute approximate surface area is 214 Å². The summed E-state index contributed by atoms with van der Waals surface area (Å²) >= 11 is 0. The number of urea groups is 1. The summed E-state index contributed by atoms with van der Waals surface area (Å²) in [6.07, 6.45) is 7.01. The van der Waals surface area contributed by atoms with Gasteiger partial charge in [-0.15, -0.1) is 0 Å². The molecule has 196 valence electrons. The van der Waals surface area contributed by atoms with Gasteiger partial charge in [0, 0.05) is 57.1 Å². The lowest BCUT2D eigenvalue weighted by molar-refractivity contribution is 0.00625. The van der Waals surface area contributed by atoms with Crippen molar-refractivity contribution in [1.82, 2.24) is 19.6 Å². The first kappa shape index (κ1) is 24.0. The Balaban J connectivity index is 1.12. The maximum Gasteiger partial charge on any atom is 0.410 e. The van der Waals surface area contributed by atoms with Gasteiger partial charge in [0.15, 0.2) is 0 Å².